The van der Waals surface area contributed by atoms with Gasteiger partial charge in [-0.15, -0.1) is 0 Å². The first kappa shape index (κ1) is 32.3. The maximum absolute atomic E-state index is 10.0. The van der Waals surface area contributed by atoms with Gasteiger partial charge in [0.15, 0.2) is 5.97 Å². The van der Waals surface area contributed by atoms with E-state index in [0.29, 0.717) is 6.54 Å². The van der Waals surface area contributed by atoms with Crippen LogP contribution in [0.3, 0.4) is 0 Å². The molecule has 19 heavy (non-hydrogen) atoms. The maximum Gasteiger partial charge on any atom is 0.177 e. The molecule has 0 bridgehead atoms. The molecule has 2 N–H and O–H groups in total. The second-order valence-electron chi connectivity index (χ2n) is 2.82. The summed E-state index contributed by atoms with van der Waals surface area (Å²) in [5.74, 6) is -0.988. The number of aliphatic carboxylic acids is 1. The number of hydrogen-bond donors (Lipinski definition) is 2. The number of nitrogens with zero attached hydrogens (tertiary/aromatic N) is 1. The van der Waals surface area contributed by atoms with Crippen LogP contribution in [0.25, 0.3) is 0 Å². The average molecular weight is 452 g/mol. The number of rotatable bonds is 4. The summed E-state index contributed by atoms with van der Waals surface area (Å²) in [6, 6.07) is 6.26. The molecule has 0 unspecified atom stereocenters. The van der Waals surface area contributed by atoms with Crippen molar-refractivity contribution in [1.82, 2.24) is 10.3 Å². The predicted molar refractivity (Wildman–Crippen MR) is 64.2 cm³/mol. The van der Waals surface area contributed by atoms with Crippen LogP contribution in [0.2, 0.25) is 0 Å². The fourth-order valence-electron chi connectivity index (χ4n) is 0.698. The topological polar surface area (TPSA) is 62.2 Å². The predicted octanol–water partition coefficient (Wildman–Crippen LogP) is 2.08. The molecule has 7 heteroatoms. The van der Waals surface area contributed by atoms with Crippen molar-refractivity contribution in [1.29, 1.82) is 0 Å². The third-order valence-electron chi connectivity index (χ3n) is 1.19. The van der Waals surface area contributed by atoms with Crippen LogP contribution in [0.5, 0.6) is 0 Å². The van der Waals surface area contributed by atoms with Crippen LogP contribution in [0.4, 0.5) is 0 Å². The summed E-state index contributed by atoms with van der Waals surface area (Å²) < 4.78 is 0. The Morgan fingerprint density at radius 1 is 1.47 bits per heavy atom. The molecule has 0 aromatic carbocycles. The smallest absolute Gasteiger partial charge is 0.177 e. The average Bonchev–Trinajstić information content (AvgIpc) is 2.20. The van der Waals surface area contributed by atoms with Gasteiger partial charge in [-0.05, 0) is 12.2 Å². The van der Waals surface area contributed by atoms with E-state index in [4.69, 9.17) is 5.11 Å². The second kappa shape index (κ2) is 24.3. The Hall–Kier alpha value is 1.24. The normalized spacial score (nSPS) is 6.84. The molecule has 1 heterocycles. The number of aromatic nitrogens is 1. The molecule has 0 aliphatic carbocycles. The summed E-state index contributed by atoms with van der Waals surface area (Å²) in [5, 5.41) is 10.8. The van der Waals surface area contributed by atoms with Crippen LogP contribution in [0.1, 0.15) is 26.0 Å². The molecular formula is C12H19N2O2VY2-3. The molecule has 0 fully saturated rings. The Kier molecular flexibility index (Phi) is 41.2. The fraction of sp³-hybridized carbons (Fsp3) is 0.333. The summed E-state index contributed by atoms with van der Waals surface area (Å²) in [7, 11) is 0. The number of nitrogens with one attached hydrogen (secondary N) is 1. The summed E-state index contributed by atoms with van der Waals surface area (Å²) in [5.41, 5.74) is 0.784. The van der Waals surface area contributed by atoms with Crippen LogP contribution < -0.4 is 5.32 Å². The van der Waals surface area contributed by atoms with E-state index in [2.05, 4.69) is 30.2 Å². The van der Waals surface area contributed by atoms with Crippen LogP contribution >= 0.6 is 0 Å². The zero-order valence-electron chi connectivity index (χ0n) is 11.6. The van der Waals surface area contributed by atoms with Crippen LogP contribution in [-0.4, -0.2) is 16.1 Å². The second-order valence-corrected chi connectivity index (χ2v) is 2.82. The van der Waals surface area contributed by atoms with E-state index in [1.54, 1.807) is 12.1 Å². The van der Waals surface area contributed by atoms with Gasteiger partial charge in [-0.3, -0.25) is 9.78 Å². The van der Waals surface area contributed by atoms with E-state index in [1.165, 1.54) is 12.6 Å². The molecule has 1 aromatic heterocycles. The van der Waals surface area contributed by atoms with E-state index in [9.17, 15) is 4.79 Å². The molecule has 1 aromatic rings. The van der Waals surface area contributed by atoms with E-state index in [0.717, 1.165) is 12.2 Å². The van der Waals surface area contributed by atoms with Crippen molar-refractivity contribution in [2.24, 2.45) is 0 Å². The number of carbonyl (C=O) groups is 1. The summed E-state index contributed by atoms with van der Waals surface area (Å²) >= 11 is 0. The summed E-state index contributed by atoms with van der Waals surface area (Å²) in [6.07, 6.45) is 2.79. The van der Waals surface area contributed by atoms with Crippen molar-refractivity contribution in [2.45, 2.75) is 26.8 Å². The Balaban J connectivity index is -0.0000000858. The monoisotopic (exact) mass is 452 g/mol. The largest absolute Gasteiger partial charge is 0.502 e. The molecule has 1 rings (SSSR count). The minimum atomic E-state index is -0.988. The van der Waals surface area contributed by atoms with Gasteiger partial charge in [0.25, 0.3) is 0 Å². The van der Waals surface area contributed by atoms with Gasteiger partial charge in [-0.25, -0.2) is 18.7 Å². The minimum Gasteiger partial charge on any atom is -0.502 e. The first-order valence-electron chi connectivity index (χ1n) is 4.81. The number of pyridine rings is 1. The quantitative estimate of drug-likeness (QED) is 0.688. The van der Waals surface area contributed by atoms with Gasteiger partial charge in [-0.2, -0.15) is 6.07 Å². The van der Waals surface area contributed by atoms with Crippen LogP contribution in [0, 0.1) is 20.0 Å². The third kappa shape index (κ3) is 24.6. The standard InChI is InChI=1S/C8H8N2O2.C3H8.CH3.V.2Y/c11-8(12)6-9-5-7-3-1-2-4-10-7;1-3-2;;;;/h1,3-4,6,9H,5H2,(H,11,12);3H2,1-2H3;1H3;;;/q-2;;-1;;;. The summed E-state index contributed by atoms with van der Waals surface area (Å²) in [4.78, 5) is 14.0. The van der Waals surface area contributed by atoms with Crippen molar-refractivity contribution >= 4 is 5.97 Å². The molecule has 4 nitrogen and oxygen atoms in total. The molecule has 0 spiro atoms. The molecule has 0 atom stereocenters. The molecular weight excluding hydrogens is 433 g/mol. The van der Waals surface area contributed by atoms with Crippen molar-refractivity contribution in [3.8, 4) is 0 Å². The third-order valence-corrected chi connectivity index (χ3v) is 1.19. The van der Waals surface area contributed by atoms with E-state index < -0.39 is 5.97 Å². The SMILES string of the molecule is CCC.O=C(O)[CH-]NCc1cc[c-]cn1.[CH3-].[V].[Y].[Y]. The van der Waals surface area contributed by atoms with Crippen molar-refractivity contribution in [3.63, 3.8) is 0 Å². The molecule has 0 saturated heterocycles. The molecule has 0 amide bonds. The van der Waals surface area contributed by atoms with Crippen molar-refractivity contribution < 1.29 is 93.9 Å². The molecule has 3 radical (unpaired) electrons. The zero-order chi connectivity index (χ0) is 11.5. The Bertz CT molecular complexity index is 278. The van der Waals surface area contributed by atoms with Crippen LogP contribution in [-0.2, 0) is 95.3 Å². The van der Waals surface area contributed by atoms with Gasteiger partial charge in [0.1, 0.15) is 0 Å². The van der Waals surface area contributed by atoms with Crippen molar-refractivity contribution in [3.05, 3.63) is 44.1 Å². The molecule has 103 valence electrons. The summed E-state index contributed by atoms with van der Waals surface area (Å²) in [6.45, 7) is 5.65. The Morgan fingerprint density at radius 3 is 2.37 bits per heavy atom. The van der Waals surface area contributed by atoms with Gasteiger partial charge >= 0.3 is 0 Å². The van der Waals surface area contributed by atoms with Gasteiger partial charge in [0.2, 0.25) is 0 Å². The molecule has 0 saturated carbocycles. The van der Waals surface area contributed by atoms with E-state index in [-0.39, 0.29) is 91.4 Å². The zero-order valence-corrected chi connectivity index (χ0v) is 18.7. The first-order valence-corrected chi connectivity index (χ1v) is 4.81. The number of carboxylic acids is 1. The molecule has 0 aliphatic rings. The number of carboxylic acid groups (broad SMARTS) is 1. The maximum atomic E-state index is 10.0. The Morgan fingerprint density at radius 2 is 2.00 bits per heavy atom. The van der Waals surface area contributed by atoms with Gasteiger partial charge < -0.3 is 17.8 Å². The van der Waals surface area contributed by atoms with E-state index >= 15 is 0 Å². The minimum absolute atomic E-state index is 0. The molecule has 0 aliphatic heterocycles. The van der Waals surface area contributed by atoms with Gasteiger partial charge in [0.05, 0.1) is 0 Å². The van der Waals surface area contributed by atoms with Gasteiger partial charge in [-0.1, -0.05) is 26.5 Å². The Labute approximate surface area is 178 Å². The van der Waals surface area contributed by atoms with Gasteiger partial charge in [0, 0.05) is 84.0 Å². The number of hydrogen-bond acceptors (Lipinski definition) is 3. The van der Waals surface area contributed by atoms with E-state index in [1.807, 2.05) is 0 Å². The first-order chi connectivity index (χ1) is 7.20. The van der Waals surface area contributed by atoms with Crippen LogP contribution in [0.15, 0.2) is 18.3 Å². The fourth-order valence-corrected chi connectivity index (χ4v) is 0.698. The van der Waals surface area contributed by atoms with Crippen molar-refractivity contribution in [2.75, 3.05) is 0 Å².